The van der Waals surface area contributed by atoms with E-state index in [4.69, 9.17) is 21.3 Å². The molecule has 3 aromatic rings. The number of aromatic nitrogens is 1. The molecule has 0 radical (unpaired) electrons. The van der Waals surface area contributed by atoms with Gasteiger partial charge in [-0.25, -0.2) is 4.98 Å². The minimum atomic E-state index is -0.572. The first-order valence-electron chi connectivity index (χ1n) is 10.2. The first-order valence-corrected chi connectivity index (χ1v) is 11.4. The molecule has 0 saturated heterocycles. The van der Waals surface area contributed by atoms with Gasteiger partial charge in [-0.2, -0.15) is 0 Å². The van der Waals surface area contributed by atoms with E-state index < -0.39 is 10.8 Å². The van der Waals surface area contributed by atoms with E-state index in [1.54, 1.807) is 7.11 Å². The molecule has 1 aromatic heterocycles. The zero-order valence-electron chi connectivity index (χ0n) is 18.4. The highest BCUT2D eigenvalue weighted by Crippen LogP contribution is 2.37. The molecule has 0 bridgehead atoms. The van der Waals surface area contributed by atoms with Gasteiger partial charge in [-0.1, -0.05) is 42.9 Å². The van der Waals surface area contributed by atoms with Gasteiger partial charge in [0.25, 0.3) is 11.6 Å². The zero-order valence-corrected chi connectivity index (χ0v) is 20.0. The molecule has 0 unspecified atom stereocenters. The molecule has 0 saturated carbocycles. The number of amides is 1. The standard InChI is InChI=1S/C22H25ClN4O4S/c1-5-25(6-2)11-12-26(21(28)16-13-15(23)8-9-17(16)27(29)30)22-24-19-18(31-4)10-7-14(3)20(19)32-22/h7-10,13H,5-6,11-12H2,1-4H3. The normalized spacial score (nSPS) is 11.2. The summed E-state index contributed by atoms with van der Waals surface area (Å²) in [5, 5.41) is 12.3. The van der Waals surface area contributed by atoms with E-state index in [2.05, 4.69) is 4.90 Å². The Bertz CT molecular complexity index is 1150. The van der Waals surface area contributed by atoms with Crippen molar-refractivity contribution in [3.8, 4) is 5.75 Å². The number of rotatable bonds is 9. The fraction of sp³-hybridized carbons (Fsp3) is 0.364. The molecule has 10 heteroatoms. The van der Waals surface area contributed by atoms with Crippen molar-refractivity contribution in [1.82, 2.24) is 9.88 Å². The first kappa shape index (κ1) is 23.9. The fourth-order valence-corrected chi connectivity index (χ4v) is 4.68. The number of anilines is 1. The van der Waals surface area contributed by atoms with Crippen LogP contribution in [-0.4, -0.2) is 54.0 Å². The van der Waals surface area contributed by atoms with Gasteiger partial charge in [-0.05, 0) is 43.8 Å². The number of nitro groups is 1. The van der Waals surface area contributed by atoms with E-state index in [1.165, 1.54) is 34.4 Å². The van der Waals surface area contributed by atoms with Crippen molar-refractivity contribution in [2.24, 2.45) is 0 Å². The van der Waals surface area contributed by atoms with Gasteiger partial charge in [0.2, 0.25) is 0 Å². The maximum absolute atomic E-state index is 13.6. The van der Waals surface area contributed by atoms with Crippen LogP contribution in [0.2, 0.25) is 5.02 Å². The predicted molar refractivity (Wildman–Crippen MR) is 128 cm³/mol. The molecule has 0 N–H and O–H groups in total. The van der Waals surface area contributed by atoms with E-state index >= 15 is 0 Å². The quantitative estimate of drug-likeness (QED) is 0.313. The van der Waals surface area contributed by atoms with Crippen LogP contribution in [0.4, 0.5) is 10.8 Å². The number of ether oxygens (including phenoxy) is 1. The number of hydrogen-bond acceptors (Lipinski definition) is 7. The van der Waals surface area contributed by atoms with Crippen LogP contribution in [-0.2, 0) is 0 Å². The Morgan fingerprint density at radius 3 is 2.56 bits per heavy atom. The third kappa shape index (κ3) is 4.85. The third-order valence-corrected chi connectivity index (χ3v) is 6.76. The second-order valence-corrected chi connectivity index (χ2v) is 8.58. The molecule has 0 atom stereocenters. The zero-order chi connectivity index (χ0) is 23.4. The fourth-order valence-electron chi connectivity index (χ4n) is 3.43. The molecular formula is C22H25ClN4O4S. The molecule has 8 nitrogen and oxygen atoms in total. The minimum Gasteiger partial charge on any atom is -0.494 e. The van der Waals surface area contributed by atoms with Crippen LogP contribution in [0, 0.1) is 17.0 Å². The van der Waals surface area contributed by atoms with E-state index in [1.807, 2.05) is 32.9 Å². The highest BCUT2D eigenvalue weighted by molar-refractivity contribution is 7.22. The Morgan fingerprint density at radius 1 is 1.22 bits per heavy atom. The number of likely N-dealkylation sites (N-methyl/N-ethyl adjacent to an activating group) is 1. The molecule has 1 heterocycles. The molecule has 0 fully saturated rings. The van der Waals surface area contributed by atoms with Crippen molar-refractivity contribution < 1.29 is 14.5 Å². The van der Waals surface area contributed by atoms with Crippen molar-refractivity contribution in [2.75, 3.05) is 38.2 Å². The number of hydrogen-bond donors (Lipinski definition) is 0. The highest BCUT2D eigenvalue weighted by atomic mass is 35.5. The van der Waals surface area contributed by atoms with Gasteiger partial charge in [-0.3, -0.25) is 19.8 Å². The van der Waals surface area contributed by atoms with E-state index in [0.717, 1.165) is 23.4 Å². The van der Waals surface area contributed by atoms with Gasteiger partial charge in [-0.15, -0.1) is 0 Å². The number of nitrogens with zero attached hydrogens (tertiary/aromatic N) is 4. The molecule has 32 heavy (non-hydrogen) atoms. The van der Waals surface area contributed by atoms with Gasteiger partial charge in [0.15, 0.2) is 5.13 Å². The average Bonchev–Trinajstić information content (AvgIpc) is 3.22. The van der Waals surface area contributed by atoms with Crippen LogP contribution in [0.15, 0.2) is 30.3 Å². The number of thiazole rings is 1. The molecular weight excluding hydrogens is 452 g/mol. The highest BCUT2D eigenvalue weighted by Gasteiger charge is 2.29. The number of carbonyl (C=O) groups is 1. The van der Waals surface area contributed by atoms with Crippen LogP contribution in [0.1, 0.15) is 29.8 Å². The van der Waals surface area contributed by atoms with Crippen LogP contribution in [0.3, 0.4) is 0 Å². The van der Waals surface area contributed by atoms with Crippen LogP contribution in [0.25, 0.3) is 10.2 Å². The first-order chi connectivity index (χ1) is 15.3. The largest absolute Gasteiger partial charge is 0.494 e. The van der Waals surface area contributed by atoms with Crippen molar-refractivity contribution in [3.63, 3.8) is 0 Å². The van der Waals surface area contributed by atoms with Gasteiger partial charge in [0.05, 0.1) is 16.7 Å². The maximum atomic E-state index is 13.6. The van der Waals surface area contributed by atoms with Gasteiger partial charge in [0, 0.05) is 24.2 Å². The second-order valence-electron chi connectivity index (χ2n) is 7.16. The summed E-state index contributed by atoms with van der Waals surface area (Å²) in [6, 6.07) is 7.77. The Labute approximate surface area is 195 Å². The Morgan fingerprint density at radius 2 is 1.94 bits per heavy atom. The number of halogens is 1. The Hall–Kier alpha value is -2.75. The smallest absolute Gasteiger partial charge is 0.282 e. The van der Waals surface area contributed by atoms with Crippen LogP contribution >= 0.6 is 22.9 Å². The monoisotopic (exact) mass is 476 g/mol. The van der Waals surface area contributed by atoms with Gasteiger partial charge in [0.1, 0.15) is 16.8 Å². The van der Waals surface area contributed by atoms with Crippen molar-refractivity contribution >= 4 is 49.9 Å². The number of methoxy groups -OCH3 is 1. The van der Waals surface area contributed by atoms with Crippen molar-refractivity contribution in [2.45, 2.75) is 20.8 Å². The summed E-state index contributed by atoms with van der Waals surface area (Å²) in [7, 11) is 1.57. The molecule has 1 amide bonds. The average molecular weight is 477 g/mol. The minimum absolute atomic E-state index is 0.0648. The van der Waals surface area contributed by atoms with E-state index in [0.29, 0.717) is 29.5 Å². The topological polar surface area (TPSA) is 88.8 Å². The molecule has 0 aliphatic rings. The lowest BCUT2D eigenvalue weighted by Crippen LogP contribution is -2.39. The summed E-state index contributed by atoms with van der Waals surface area (Å²) in [6.45, 7) is 8.62. The number of carbonyl (C=O) groups excluding carboxylic acids is 1. The van der Waals surface area contributed by atoms with Crippen LogP contribution < -0.4 is 9.64 Å². The lowest BCUT2D eigenvalue weighted by Gasteiger charge is -2.24. The molecule has 170 valence electrons. The number of benzene rings is 2. The van der Waals surface area contributed by atoms with E-state index in [9.17, 15) is 14.9 Å². The SMILES string of the molecule is CCN(CC)CCN(C(=O)c1cc(Cl)ccc1[N+](=O)[O-])c1nc2c(OC)ccc(C)c2s1. The summed E-state index contributed by atoms with van der Waals surface area (Å²) < 4.78 is 6.35. The molecule has 0 aliphatic carbocycles. The Kier molecular flexibility index (Phi) is 7.65. The predicted octanol–water partition coefficient (Wildman–Crippen LogP) is 5.16. The lowest BCUT2D eigenvalue weighted by molar-refractivity contribution is -0.385. The molecule has 3 rings (SSSR count). The number of aryl methyl sites for hydroxylation is 1. The van der Waals surface area contributed by atoms with Crippen molar-refractivity contribution in [1.29, 1.82) is 0 Å². The summed E-state index contributed by atoms with van der Waals surface area (Å²) in [5.41, 5.74) is 1.32. The number of nitro benzene ring substituents is 1. The van der Waals surface area contributed by atoms with E-state index in [-0.39, 0.29) is 16.3 Å². The van der Waals surface area contributed by atoms with Gasteiger partial charge >= 0.3 is 0 Å². The molecule has 0 aliphatic heterocycles. The summed E-state index contributed by atoms with van der Waals surface area (Å²) in [4.78, 5) is 33.0. The maximum Gasteiger partial charge on any atom is 0.282 e. The summed E-state index contributed by atoms with van der Waals surface area (Å²) in [6.07, 6.45) is 0. The molecule has 0 spiro atoms. The lowest BCUT2D eigenvalue weighted by atomic mass is 10.1. The summed E-state index contributed by atoms with van der Waals surface area (Å²) in [5.74, 6) is 0.0972. The van der Waals surface area contributed by atoms with Gasteiger partial charge < -0.3 is 9.64 Å². The second kappa shape index (κ2) is 10.2. The van der Waals surface area contributed by atoms with Crippen LogP contribution in [0.5, 0.6) is 5.75 Å². The molecule has 2 aromatic carbocycles. The van der Waals surface area contributed by atoms with Crippen molar-refractivity contribution in [3.05, 3.63) is 56.6 Å². The Balaban J connectivity index is 2.12. The summed E-state index contributed by atoms with van der Waals surface area (Å²) >= 11 is 7.44. The third-order valence-electron chi connectivity index (χ3n) is 5.31. The number of fused-ring (bicyclic) bond motifs is 1.